The number of carbonyl (C=O) groups is 1. The molecule has 0 aliphatic carbocycles. The maximum atomic E-state index is 11.8. The minimum absolute atomic E-state index is 0.164. The number of anilines is 1. The van der Waals surface area contributed by atoms with Crippen LogP contribution in [0.25, 0.3) is 5.00 Å². The third-order valence-corrected chi connectivity index (χ3v) is 9.46. The van der Waals surface area contributed by atoms with Crippen LogP contribution in [0.2, 0.25) is 0 Å². The van der Waals surface area contributed by atoms with Crippen molar-refractivity contribution in [1.29, 1.82) is 5.26 Å². The first kappa shape index (κ1) is 26.0. The molecule has 0 spiro atoms. The maximum Gasteiger partial charge on any atom is 0.306 e. The minimum Gasteiger partial charge on any atom is -0.481 e. The molecule has 1 N–H and O–H groups in total. The second kappa shape index (κ2) is 10.0. The van der Waals surface area contributed by atoms with E-state index in [9.17, 15) is 15.2 Å². The highest BCUT2D eigenvalue weighted by molar-refractivity contribution is 7.15. The summed E-state index contributed by atoms with van der Waals surface area (Å²) in [5, 5.41) is 29.3. The zero-order valence-corrected chi connectivity index (χ0v) is 23.6. The zero-order chi connectivity index (χ0) is 28.0. The lowest BCUT2D eigenvalue weighted by Crippen LogP contribution is -2.42. The average Bonchev–Trinajstić information content (AvgIpc) is 3.45. The van der Waals surface area contributed by atoms with Gasteiger partial charge in [-0.15, -0.1) is 21.5 Å². The largest absolute Gasteiger partial charge is 0.481 e. The van der Waals surface area contributed by atoms with Crippen LogP contribution in [0.3, 0.4) is 0 Å². The van der Waals surface area contributed by atoms with E-state index in [1.54, 1.807) is 11.3 Å². The lowest BCUT2D eigenvalue weighted by atomic mass is 9.74. The standard InChI is InChI=1S/C31H30N6O2S/c1-19-20(2)40-30-27(19)28(33-25(17-26(38)39)29-35-34-21(3)37(29)30)22-9-11-24(12-10-22)36-15-13-31(18-32,14-16-36)23-7-5-4-6-8-23/h4-12,25H,13-17H2,1-3H3,(H,38,39)/t25-/m0/s1. The van der Waals surface area contributed by atoms with Crippen LogP contribution < -0.4 is 4.90 Å². The zero-order valence-electron chi connectivity index (χ0n) is 22.8. The van der Waals surface area contributed by atoms with Crippen LogP contribution in [-0.2, 0) is 10.2 Å². The van der Waals surface area contributed by atoms with Crippen molar-refractivity contribution in [2.24, 2.45) is 4.99 Å². The van der Waals surface area contributed by atoms with E-state index in [1.807, 2.05) is 29.7 Å². The van der Waals surface area contributed by atoms with E-state index in [0.717, 1.165) is 64.6 Å². The van der Waals surface area contributed by atoms with Crippen LogP contribution in [0, 0.1) is 32.1 Å². The van der Waals surface area contributed by atoms with Gasteiger partial charge in [-0.2, -0.15) is 5.26 Å². The van der Waals surface area contributed by atoms with Crippen LogP contribution in [0.1, 0.15) is 64.1 Å². The summed E-state index contributed by atoms with van der Waals surface area (Å²) in [7, 11) is 0. The molecule has 40 heavy (non-hydrogen) atoms. The molecule has 6 rings (SSSR count). The number of aliphatic imine (C=N–C) groups is 1. The van der Waals surface area contributed by atoms with E-state index in [4.69, 9.17) is 4.99 Å². The van der Waals surface area contributed by atoms with Crippen molar-refractivity contribution in [2.45, 2.75) is 51.5 Å². The monoisotopic (exact) mass is 550 g/mol. The number of aryl methyl sites for hydroxylation is 2. The van der Waals surface area contributed by atoms with Crippen molar-refractivity contribution >= 4 is 28.7 Å². The summed E-state index contributed by atoms with van der Waals surface area (Å²) in [6.07, 6.45) is 1.38. The molecular weight excluding hydrogens is 520 g/mol. The first-order chi connectivity index (χ1) is 19.3. The van der Waals surface area contributed by atoms with E-state index >= 15 is 0 Å². The van der Waals surface area contributed by atoms with Gasteiger partial charge in [-0.3, -0.25) is 14.4 Å². The van der Waals surface area contributed by atoms with Crippen molar-refractivity contribution in [1.82, 2.24) is 14.8 Å². The maximum absolute atomic E-state index is 11.8. The van der Waals surface area contributed by atoms with E-state index in [1.165, 1.54) is 4.88 Å². The van der Waals surface area contributed by atoms with Gasteiger partial charge in [0.1, 0.15) is 16.9 Å². The molecule has 0 radical (unpaired) electrons. The van der Waals surface area contributed by atoms with Gasteiger partial charge in [-0.05, 0) is 56.9 Å². The molecule has 0 saturated carbocycles. The number of piperidine rings is 1. The highest BCUT2D eigenvalue weighted by Crippen LogP contribution is 2.40. The van der Waals surface area contributed by atoms with Crippen LogP contribution in [0.4, 0.5) is 5.69 Å². The van der Waals surface area contributed by atoms with E-state index < -0.39 is 17.4 Å². The third-order valence-electron chi connectivity index (χ3n) is 8.27. The molecule has 1 atom stereocenters. The average molecular weight is 551 g/mol. The van der Waals surface area contributed by atoms with Gasteiger partial charge in [0.15, 0.2) is 5.82 Å². The number of aromatic nitrogens is 3. The smallest absolute Gasteiger partial charge is 0.306 e. The minimum atomic E-state index is -0.928. The Morgan fingerprint density at radius 2 is 1.77 bits per heavy atom. The summed E-state index contributed by atoms with van der Waals surface area (Å²) in [6.45, 7) is 7.66. The number of rotatable bonds is 5. The van der Waals surface area contributed by atoms with Crippen LogP contribution in [-0.4, -0.2) is 44.6 Å². The number of carboxylic acid groups (broad SMARTS) is 1. The number of aliphatic carboxylic acids is 1. The first-order valence-corrected chi connectivity index (χ1v) is 14.3. The molecule has 1 saturated heterocycles. The summed E-state index contributed by atoms with van der Waals surface area (Å²) in [5.41, 5.74) is 5.60. The Morgan fingerprint density at radius 1 is 1.07 bits per heavy atom. The van der Waals surface area contributed by atoms with Crippen LogP contribution >= 0.6 is 11.3 Å². The second-order valence-electron chi connectivity index (χ2n) is 10.6. The molecule has 2 aliphatic heterocycles. The normalized spacial score (nSPS) is 17.8. The fourth-order valence-corrected chi connectivity index (χ4v) is 7.10. The Labute approximate surface area is 237 Å². The molecule has 2 aromatic carbocycles. The molecule has 1 fully saturated rings. The molecule has 0 amide bonds. The predicted octanol–water partition coefficient (Wildman–Crippen LogP) is 5.68. The Morgan fingerprint density at radius 3 is 2.42 bits per heavy atom. The quantitative estimate of drug-likeness (QED) is 0.342. The molecular formula is C31H30N6O2S. The van der Waals surface area contributed by atoms with E-state index in [0.29, 0.717) is 11.6 Å². The summed E-state index contributed by atoms with van der Waals surface area (Å²) >= 11 is 1.66. The van der Waals surface area contributed by atoms with Gasteiger partial charge in [-0.1, -0.05) is 42.5 Å². The number of hydrogen-bond acceptors (Lipinski definition) is 7. The fraction of sp³-hybridized carbons (Fsp3) is 0.323. The van der Waals surface area contributed by atoms with Crippen LogP contribution in [0.15, 0.2) is 59.6 Å². The number of nitrogens with zero attached hydrogens (tertiary/aromatic N) is 6. The van der Waals surface area contributed by atoms with Crippen molar-refractivity contribution in [3.8, 4) is 11.1 Å². The number of fused-ring (bicyclic) bond motifs is 3. The van der Waals surface area contributed by atoms with Crippen molar-refractivity contribution in [2.75, 3.05) is 18.0 Å². The molecule has 4 aromatic rings. The number of benzene rings is 2. The Hall–Kier alpha value is -4.29. The molecule has 4 heterocycles. The molecule has 0 bridgehead atoms. The topological polar surface area (TPSA) is 107 Å². The van der Waals surface area contributed by atoms with Gasteiger partial charge in [0.2, 0.25) is 0 Å². The second-order valence-corrected chi connectivity index (χ2v) is 11.8. The molecule has 0 unspecified atom stereocenters. The van der Waals surface area contributed by atoms with Crippen molar-refractivity contribution < 1.29 is 9.90 Å². The Bertz CT molecular complexity index is 1650. The first-order valence-electron chi connectivity index (χ1n) is 13.5. The lowest BCUT2D eigenvalue weighted by Gasteiger charge is -2.38. The summed E-state index contributed by atoms with van der Waals surface area (Å²) in [4.78, 5) is 20.3. The van der Waals surface area contributed by atoms with Gasteiger partial charge < -0.3 is 10.0 Å². The van der Waals surface area contributed by atoms with Gasteiger partial charge in [0.05, 0.1) is 23.6 Å². The highest BCUT2D eigenvalue weighted by atomic mass is 32.1. The molecule has 2 aliphatic rings. The van der Waals surface area contributed by atoms with Gasteiger partial charge in [0.25, 0.3) is 0 Å². The number of thiophene rings is 1. The number of carboxylic acids is 1. The predicted molar refractivity (Wildman–Crippen MR) is 156 cm³/mol. The molecule has 202 valence electrons. The molecule has 8 nitrogen and oxygen atoms in total. The molecule has 9 heteroatoms. The van der Waals surface area contributed by atoms with Gasteiger partial charge in [0, 0.05) is 34.8 Å². The van der Waals surface area contributed by atoms with Crippen LogP contribution in [0.5, 0.6) is 0 Å². The number of nitriles is 1. The SMILES string of the molecule is Cc1sc2c(c1C)C(c1ccc(N3CCC(C#N)(c4ccccc4)CC3)cc1)=N[C@@H](CC(=O)O)c1nnc(C)n1-2. The van der Waals surface area contributed by atoms with Crippen molar-refractivity contribution in [3.63, 3.8) is 0 Å². The Kier molecular flexibility index (Phi) is 6.51. The Balaban J connectivity index is 1.33. The fourth-order valence-electron chi connectivity index (χ4n) is 5.89. The summed E-state index contributed by atoms with van der Waals surface area (Å²) in [5.74, 6) is 0.346. The summed E-state index contributed by atoms with van der Waals surface area (Å²) < 4.78 is 1.97. The van der Waals surface area contributed by atoms with Crippen molar-refractivity contribution in [3.05, 3.63) is 93.4 Å². The molecule has 2 aromatic heterocycles. The highest BCUT2D eigenvalue weighted by Gasteiger charge is 2.37. The van der Waals surface area contributed by atoms with Gasteiger partial charge in [-0.25, -0.2) is 0 Å². The third kappa shape index (κ3) is 4.29. The van der Waals surface area contributed by atoms with Gasteiger partial charge >= 0.3 is 5.97 Å². The summed E-state index contributed by atoms with van der Waals surface area (Å²) in [6, 6.07) is 20.4. The van der Waals surface area contributed by atoms with E-state index in [2.05, 4.69) is 71.4 Å². The number of hydrogen-bond donors (Lipinski definition) is 1. The van der Waals surface area contributed by atoms with E-state index in [-0.39, 0.29) is 6.42 Å². The lowest BCUT2D eigenvalue weighted by molar-refractivity contribution is -0.137.